The summed E-state index contributed by atoms with van der Waals surface area (Å²) in [6, 6.07) is 4.95. The topological polar surface area (TPSA) is 84.1 Å². The average Bonchev–Trinajstić information content (AvgIpc) is 3.39. The van der Waals surface area contributed by atoms with Gasteiger partial charge in [0.1, 0.15) is 23.2 Å². The molecular weight excluding hydrogens is 382 g/mol. The number of benzene rings is 1. The molecule has 150 valence electrons. The Morgan fingerprint density at radius 2 is 1.96 bits per heavy atom. The van der Waals surface area contributed by atoms with Gasteiger partial charge in [-0.05, 0) is 12.1 Å². The minimum absolute atomic E-state index is 0.00277. The lowest BCUT2D eigenvalue weighted by atomic mass is 10.2. The molecule has 3 heterocycles. The standard InChI is InChI=1S/C19H23N3O5S/c1-25-13-7-12-8-14(20-17(12)16(9-13)26-2)18(23)22-11-28-10-15(22)19(24)21-3-5-27-6-4-21/h7-9,15,20H,3-6,10-11H2,1-2H3. The number of amides is 2. The van der Waals surface area contributed by atoms with Gasteiger partial charge >= 0.3 is 0 Å². The Balaban J connectivity index is 1.60. The van der Waals surface area contributed by atoms with Crippen LogP contribution in [0.15, 0.2) is 18.2 Å². The van der Waals surface area contributed by atoms with E-state index in [1.807, 2.05) is 6.07 Å². The number of fused-ring (bicyclic) bond motifs is 1. The van der Waals surface area contributed by atoms with Gasteiger partial charge in [0.15, 0.2) is 0 Å². The van der Waals surface area contributed by atoms with Crippen molar-refractivity contribution < 1.29 is 23.8 Å². The third kappa shape index (κ3) is 3.40. The number of thioether (sulfide) groups is 1. The molecule has 2 fully saturated rings. The van der Waals surface area contributed by atoms with Gasteiger partial charge in [-0.15, -0.1) is 11.8 Å². The number of rotatable bonds is 4. The number of hydrogen-bond donors (Lipinski definition) is 1. The van der Waals surface area contributed by atoms with Crippen molar-refractivity contribution in [3.63, 3.8) is 0 Å². The molecule has 0 spiro atoms. The molecular formula is C19H23N3O5S. The van der Waals surface area contributed by atoms with E-state index in [4.69, 9.17) is 14.2 Å². The van der Waals surface area contributed by atoms with Crippen molar-refractivity contribution in [3.05, 3.63) is 23.9 Å². The fraction of sp³-hybridized carbons (Fsp3) is 0.474. The number of carbonyl (C=O) groups is 2. The molecule has 8 nitrogen and oxygen atoms in total. The van der Waals surface area contributed by atoms with Gasteiger partial charge in [-0.3, -0.25) is 9.59 Å². The summed E-state index contributed by atoms with van der Waals surface area (Å²) >= 11 is 1.59. The van der Waals surface area contributed by atoms with Gasteiger partial charge in [-0.25, -0.2) is 0 Å². The van der Waals surface area contributed by atoms with Crippen LogP contribution < -0.4 is 9.47 Å². The highest BCUT2D eigenvalue weighted by Gasteiger charge is 2.38. The Labute approximate surface area is 167 Å². The Morgan fingerprint density at radius 1 is 1.18 bits per heavy atom. The first-order valence-corrected chi connectivity index (χ1v) is 10.3. The van der Waals surface area contributed by atoms with E-state index in [2.05, 4.69) is 4.98 Å². The minimum atomic E-state index is -0.446. The highest BCUT2D eigenvalue weighted by molar-refractivity contribution is 7.99. The van der Waals surface area contributed by atoms with Gasteiger partial charge in [-0.1, -0.05) is 0 Å². The first-order chi connectivity index (χ1) is 13.6. The van der Waals surface area contributed by atoms with E-state index in [9.17, 15) is 9.59 Å². The summed E-state index contributed by atoms with van der Waals surface area (Å²) in [5.41, 5.74) is 1.17. The maximum atomic E-state index is 13.2. The highest BCUT2D eigenvalue weighted by Crippen LogP contribution is 2.32. The molecule has 1 aromatic carbocycles. The second-order valence-electron chi connectivity index (χ2n) is 6.71. The van der Waals surface area contributed by atoms with Crippen molar-refractivity contribution in [3.8, 4) is 11.5 Å². The summed E-state index contributed by atoms with van der Waals surface area (Å²) in [5.74, 6) is 2.17. The first-order valence-electron chi connectivity index (χ1n) is 9.12. The van der Waals surface area contributed by atoms with E-state index in [-0.39, 0.29) is 11.8 Å². The monoisotopic (exact) mass is 405 g/mol. The maximum Gasteiger partial charge on any atom is 0.271 e. The normalized spacial score (nSPS) is 19.9. The summed E-state index contributed by atoms with van der Waals surface area (Å²) in [6.45, 7) is 2.24. The molecule has 2 aromatic rings. The van der Waals surface area contributed by atoms with Gasteiger partial charge in [0.25, 0.3) is 5.91 Å². The van der Waals surface area contributed by atoms with Crippen LogP contribution in [0.3, 0.4) is 0 Å². The van der Waals surface area contributed by atoms with Crippen molar-refractivity contribution in [1.29, 1.82) is 0 Å². The van der Waals surface area contributed by atoms with Gasteiger partial charge in [-0.2, -0.15) is 0 Å². The van der Waals surface area contributed by atoms with Crippen LogP contribution in [0.2, 0.25) is 0 Å². The zero-order valence-corrected chi connectivity index (χ0v) is 16.7. The summed E-state index contributed by atoms with van der Waals surface area (Å²) in [7, 11) is 3.16. The van der Waals surface area contributed by atoms with Crippen LogP contribution in [0.25, 0.3) is 10.9 Å². The van der Waals surface area contributed by atoms with Crippen LogP contribution in [0.5, 0.6) is 11.5 Å². The summed E-state index contributed by atoms with van der Waals surface area (Å²) in [6.07, 6.45) is 0. The Hall–Kier alpha value is -2.39. The fourth-order valence-electron chi connectivity index (χ4n) is 3.58. The molecule has 2 amide bonds. The van der Waals surface area contributed by atoms with Crippen LogP contribution in [0.4, 0.5) is 0 Å². The van der Waals surface area contributed by atoms with Crippen LogP contribution in [-0.2, 0) is 9.53 Å². The number of methoxy groups -OCH3 is 2. The fourth-order valence-corrected chi connectivity index (χ4v) is 4.72. The van der Waals surface area contributed by atoms with Crippen LogP contribution >= 0.6 is 11.8 Å². The summed E-state index contributed by atoms with van der Waals surface area (Å²) in [4.78, 5) is 32.7. The van der Waals surface area contributed by atoms with Gasteiger partial charge in [0.2, 0.25) is 5.91 Å². The lowest BCUT2D eigenvalue weighted by Crippen LogP contribution is -2.52. The molecule has 2 aliphatic heterocycles. The van der Waals surface area contributed by atoms with Gasteiger partial charge in [0, 0.05) is 30.3 Å². The Morgan fingerprint density at radius 3 is 2.68 bits per heavy atom. The van der Waals surface area contributed by atoms with E-state index in [0.717, 1.165) is 10.9 Å². The minimum Gasteiger partial charge on any atom is -0.497 e. The van der Waals surface area contributed by atoms with Crippen molar-refractivity contribution >= 4 is 34.5 Å². The quantitative estimate of drug-likeness (QED) is 0.831. The molecule has 2 aliphatic rings. The predicted octanol–water partition coefficient (Wildman–Crippen LogP) is 1.56. The molecule has 1 unspecified atom stereocenters. The van der Waals surface area contributed by atoms with Crippen LogP contribution in [0.1, 0.15) is 10.5 Å². The Bertz CT molecular complexity index is 893. The van der Waals surface area contributed by atoms with E-state index >= 15 is 0 Å². The first kappa shape index (κ1) is 18.9. The van der Waals surface area contributed by atoms with Crippen molar-refractivity contribution in [2.24, 2.45) is 0 Å². The second-order valence-corrected chi connectivity index (χ2v) is 7.70. The van der Waals surface area contributed by atoms with E-state index in [1.54, 1.807) is 47.9 Å². The van der Waals surface area contributed by atoms with Crippen molar-refractivity contribution in [2.75, 3.05) is 52.2 Å². The van der Waals surface area contributed by atoms with Crippen molar-refractivity contribution in [1.82, 2.24) is 14.8 Å². The third-order valence-electron chi connectivity index (χ3n) is 5.10. The summed E-state index contributed by atoms with van der Waals surface area (Å²) in [5, 5.41) is 0.822. The van der Waals surface area contributed by atoms with E-state index < -0.39 is 6.04 Å². The largest absolute Gasteiger partial charge is 0.497 e. The van der Waals surface area contributed by atoms with E-state index in [1.165, 1.54) is 0 Å². The van der Waals surface area contributed by atoms with Gasteiger partial charge < -0.3 is 29.0 Å². The predicted molar refractivity (Wildman–Crippen MR) is 106 cm³/mol. The maximum absolute atomic E-state index is 13.2. The third-order valence-corrected chi connectivity index (χ3v) is 6.11. The highest BCUT2D eigenvalue weighted by atomic mass is 32.2. The lowest BCUT2D eigenvalue weighted by Gasteiger charge is -2.32. The number of aromatic amines is 1. The van der Waals surface area contributed by atoms with Gasteiger partial charge in [0.05, 0.1) is 38.8 Å². The molecule has 0 radical (unpaired) electrons. The molecule has 2 saturated heterocycles. The molecule has 9 heteroatoms. The second kappa shape index (κ2) is 7.92. The Kier molecular flexibility index (Phi) is 5.36. The smallest absolute Gasteiger partial charge is 0.271 e. The molecule has 28 heavy (non-hydrogen) atoms. The molecule has 0 bridgehead atoms. The SMILES string of the molecule is COc1cc(OC)c2[nH]c(C(=O)N3CSCC3C(=O)N3CCOCC3)cc2c1. The zero-order valence-electron chi connectivity index (χ0n) is 15.9. The lowest BCUT2D eigenvalue weighted by molar-refractivity contribution is -0.138. The number of nitrogens with one attached hydrogen (secondary N) is 1. The molecule has 0 aliphatic carbocycles. The zero-order chi connectivity index (χ0) is 19.7. The number of hydrogen-bond acceptors (Lipinski definition) is 6. The number of ether oxygens (including phenoxy) is 3. The van der Waals surface area contributed by atoms with Crippen molar-refractivity contribution in [2.45, 2.75) is 6.04 Å². The molecule has 1 aromatic heterocycles. The number of nitrogens with zero attached hydrogens (tertiary/aromatic N) is 2. The van der Waals surface area contributed by atoms with E-state index in [0.29, 0.717) is 55.1 Å². The molecule has 4 rings (SSSR count). The number of morpholine rings is 1. The van der Waals surface area contributed by atoms with Crippen LogP contribution in [-0.4, -0.2) is 84.8 Å². The molecule has 1 atom stereocenters. The summed E-state index contributed by atoms with van der Waals surface area (Å²) < 4.78 is 16.0. The molecule has 0 saturated carbocycles. The number of carbonyl (C=O) groups excluding carboxylic acids is 2. The number of H-pyrrole nitrogens is 1. The number of aromatic nitrogens is 1. The van der Waals surface area contributed by atoms with Crippen LogP contribution in [0, 0.1) is 0 Å². The molecule has 1 N–H and O–H groups in total. The average molecular weight is 405 g/mol.